The number of thiazole rings is 1. The van der Waals surface area contributed by atoms with E-state index in [9.17, 15) is 9.59 Å². The maximum Gasteiger partial charge on any atom is 0.333 e. The van der Waals surface area contributed by atoms with Crippen molar-refractivity contribution in [3.63, 3.8) is 0 Å². The summed E-state index contributed by atoms with van der Waals surface area (Å²) in [4.78, 5) is 28.7. The van der Waals surface area contributed by atoms with E-state index < -0.39 is 12.0 Å². The molecule has 0 bridgehead atoms. The summed E-state index contributed by atoms with van der Waals surface area (Å²) in [7, 11) is 1.31. The maximum absolute atomic E-state index is 12.3. The molecule has 1 atom stereocenters. The number of thioether (sulfide) groups is 1. The minimum Gasteiger partial charge on any atom is -0.467 e. The number of para-hydroxylation sites is 1. The molecule has 0 unspecified atom stereocenters. The highest BCUT2D eigenvalue weighted by Crippen LogP contribution is 2.29. The third-order valence-electron chi connectivity index (χ3n) is 3.48. The van der Waals surface area contributed by atoms with Gasteiger partial charge in [0.2, 0.25) is 5.91 Å². The Bertz CT molecular complexity index is 847. The lowest BCUT2D eigenvalue weighted by Gasteiger charge is -2.16. The SMILES string of the molecule is COC(=O)[C@@H](NC(=O)CSc1nc2ccccc2s1)c1ccccc1. The Hall–Kier alpha value is -2.38. The van der Waals surface area contributed by atoms with Crippen LogP contribution in [0.1, 0.15) is 11.6 Å². The molecule has 0 aliphatic rings. The molecule has 2 aromatic carbocycles. The Morgan fingerprint density at radius 3 is 2.60 bits per heavy atom. The van der Waals surface area contributed by atoms with Crippen LogP contribution < -0.4 is 5.32 Å². The average molecular weight is 372 g/mol. The molecule has 25 heavy (non-hydrogen) atoms. The third kappa shape index (κ3) is 4.37. The molecule has 0 spiro atoms. The van der Waals surface area contributed by atoms with Crippen LogP contribution in [-0.4, -0.2) is 29.7 Å². The van der Waals surface area contributed by atoms with Gasteiger partial charge in [0.1, 0.15) is 0 Å². The van der Waals surface area contributed by atoms with Crippen LogP contribution in [0.25, 0.3) is 10.2 Å². The van der Waals surface area contributed by atoms with Crippen molar-refractivity contribution in [1.82, 2.24) is 10.3 Å². The normalized spacial score (nSPS) is 11.9. The first-order chi connectivity index (χ1) is 12.2. The number of nitrogens with zero attached hydrogens (tertiary/aromatic N) is 1. The highest BCUT2D eigenvalue weighted by atomic mass is 32.2. The molecule has 0 saturated carbocycles. The van der Waals surface area contributed by atoms with Gasteiger partial charge in [0.15, 0.2) is 10.4 Å². The van der Waals surface area contributed by atoms with Crippen molar-refractivity contribution in [3.05, 3.63) is 60.2 Å². The molecular formula is C18H16N2O3S2. The molecule has 3 rings (SSSR count). The number of nitrogens with one attached hydrogen (secondary N) is 1. The molecule has 7 heteroatoms. The van der Waals surface area contributed by atoms with E-state index in [1.165, 1.54) is 18.9 Å². The Labute approximate surface area is 153 Å². The van der Waals surface area contributed by atoms with E-state index in [1.807, 2.05) is 42.5 Å². The number of ether oxygens (including phenoxy) is 1. The summed E-state index contributed by atoms with van der Waals surface area (Å²) in [6, 6.07) is 16.1. The maximum atomic E-state index is 12.3. The Morgan fingerprint density at radius 1 is 1.16 bits per heavy atom. The molecule has 0 fully saturated rings. The minimum atomic E-state index is -0.810. The lowest BCUT2D eigenvalue weighted by Crippen LogP contribution is -2.35. The van der Waals surface area contributed by atoms with Crippen LogP contribution in [0.4, 0.5) is 0 Å². The van der Waals surface area contributed by atoms with E-state index in [1.54, 1.807) is 23.5 Å². The summed E-state index contributed by atoms with van der Waals surface area (Å²) < 4.78 is 6.71. The van der Waals surface area contributed by atoms with Crippen molar-refractivity contribution in [2.75, 3.05) is 12.9 Å². The van der Waals surface area contributed by atoms with Crippen LogP contribution in [0.15, 0.2) is 58.9 Å². The predicted molar refractivity (Wildman–Crippen MR) is 99.7 cm³/mol. The van der Waals surface area contributed by atoms with E-state index in [4.69, 9.17) is 4.74 Å². The second-order valence-electron chi connectivity index (χ2n) is 5.17. The number of amides is 1. The number of carbonyl (C=O) groups is 2. The summed E-state index contributed by atoms with van der Waals surface area (Å²) in [5, 5.41) is 2.73. The van der Waals surface area contributed by atoms with Crippen LogP contribution in [0.3, 0.4) is 0 Å². The summed E-state index contributed by atoms with van der Waals surface area (Å²) in [6.45, 7) is 0. The van der Waals surface area contributed by atoms with Crippen molar-refractivity contribution < 1.29 is 14.3 Å². The Morgan fingerprint density at radius 2 is 1.88 bits per heavy atom. The molecule has 1 N–H and O–H groups in total. The molecular weight excluding hydrogens is 356 g/mol. The van der Waals surface area contributed by atoms with E-state index >= 15 is 0 Å². The summed E-state index contributed by atoms with van der Waals surface area (Å²) >= 11 is 2.90. The molecule has 1 aromatic heterocycles. The zero-order chi connectivity index (χ0) is 17.6. The van der Waals surface area contributed by atoms with Gasteiger partial charge in [-0.1, -0.05) is 54.2 Å². The number of hydrogen-bond donors (Lipinski definition) is 1. The summed E-state index contributed by atoms with van der Waals surface area (Å²) in [6.07, 6.45) is 0. The number of aromatic nitrogens is 1. The average Bonchev–Trinajstić information content (AvgIpc) is 3.07. The van der Waals surface area contributed by atoms with Crippen LogP contribution >= 0.6 is 23.1 Å². The molecule has 5 nitrogen and oxygen atoms in total. The molecule has 0 aliphatic carbocycles. The standard InChI is InChI=1S/C18H16N2O3S2/c1-23-17(22)16(12-7-3-2-4-8-12)20-15(21)11-24-18-19-13-9-5-6-10-14(13)25-18/h2-10,16H,11H2,1H3,(H,20,21)/t16-/m0/s1. The number of esters is 1. The van der Waals surface area contributed by atoms with Gasteiger partial charge in [-0.3, -0.25) is 4.79 Å². The molecule has 0 radical (unpaired) electrons. The first kappa shape index (κ1) is 17.4. The molecule has 3 aromatic rings. The summed E-state index contributed by atoms with van der Waals surface area (Å²) in [5.74, 6) is -0.562. The lowest BCUT2D eigenvalue weighted by molar-refractivity contribution is -0.145. The number of fused-ring (bicyclic) bond motifs is 1. The zero-order valence-corrected chi connectivity index (χ0v) is 15.1. The van der Waals surface area contributed by atoms with Gasteiger partial charge in [0, 0.05) is 0 Å². The molecule has 128 valence electrons. The van der Waals surface area contributed by atoms with Crippen molar-refractivity contribution in [1.29, 1.82) is 0 Å². The van der Waals surface area contributed by atoms with Gasteiger partial charge in [-0.2, -0.15) is 0 Å². The minimum absolute atomic E-state index is 0.181. The Balaban J connectivity index is 1.64. The lowest BCUT2D eigenvalue weighted by atomic mass is 10.1. The van der Waals surface area contributed by atoms with Gasteiger partial charge in [0.25, 0.3) is 0 Å². The highest BCUT2D eigenvalue weighted by molar-refractivity contribution is 8.01. The summed E-state index contributed by atoms with van der Waals surface area (Å²) in [5.41, 5.74) is 1.61. The van der Waals surface area contributed by atoms with Crippen molar-refractivity contribution in [2.45, 2.75) is 10.4 Å². The highest BCUT2D eigenvalue weighted by Gasteiger charge is 2.23. The van der Waals surface area contributed by atoms with E-state index in [0.29, 0.717) is 5.56 Å². The molecule has 0 aliphatic heterocycles. The van der Waals surface area contributed by atoms with Gasteiger partial charge in [-0.25, -0.2) is 9.78 Å². The van der Waals surface area contributed by atoms with Crippen LogP contribution in [0.2, 0.25) is 0 Å². The smallest absolute Gasteiger partial charge is 0.333 e. The fourth-order valence-electron chi connectivity index (χ4n) is 2.28. The van der Waals surface area contributed by atoms with Crippen LogP contribution in [0.5, 0.6) is 0 Å². The van der Waals surface area contributed by atoms with Crippen LogP contribution in [0, 0.1) is 0 Å². The number of methoxy groups -OCH3 is 1. The van der Waals surface area contributed by atoms with E-state index in [-0.39, 0.29) is 11.7 Å². The van der Waals surface area contributed by atoms with Gasteiger partial charge in [-0.15, -0.1) is 11.3 Å². The molecule has 1 amide bonds. The fraction of sp³-hybridized carbons (Fsp3) is 0.167. The second-order valence-corrected chi connectivity index (χ2v) is 7.42. The van der Waals surface area contributed by atoms with E-state index in [2.05, 4.69) is 10.3 Å². The number of benzene rings is 2. The zero-order valence-electron chi connectivity index (χ0n) is 13.5. The largest absolute Gasteiger partial charge is 0.467 e. The van der Waals surface area contributed by atoms with Crippen molar-refractivity contribution >= 4 is 45.2 Å². The second kappa shape index (κ2) is 8.13. The first-order valence-electron chi connectivity index (χ1n) is 7.58. The van der Waals surface area contributed by atoms with E-state index in [0.717, 1.165) is 14.6 Å². The van der Waals surface area contributed by atoms with Crippen LogP contribution in [-0.2, 0) is 14.3 Å². The molecule has 0 saturated heterocycles. The number of hydrogen-bond acceptors (Lipinski definition) is 6. The molecule has 1 heterocycles. The predicted octanol–water partition coefficient (Wildman–Crippen LogP) is 3.42. The number of rotatable bonds is 6. The third-order valence-corrected chi connectivity index (χ3v) is 5.66. The van der Waals surface area contributed by atoms with Gasteiger partial charge < -0.3 is 10.1 Å². The van der Waals surface area contributed by atoms with Gasteiger partial charge in [-0.05, 0) is 17.7 Å². The fourth-order valence-corrected chi connectivity index (χ4v) is 4.16. The Kier molecular flexibility index (Phi) is 5.67. The van der Waals surface area contributed by atoms with Crippen molar-refractivity contribution in [3.8, 4) is 0 Å². The van der Waals surface area contributed by atoms with Crippen molar-refractivity contribution in [2.24, 2.45) is 0 Å². The van der Waals surface area contributed by atoms with Gasteiger partial charge in [0.05, 0.1) is 23.1 Å². The first-order valence-corrected chi connectivity index (χ1v) is 9.38. The quantitative estimate of drug-likeness (QED) is 0.530. The van der Waals surface area contributed by atoms with Gasteiger partial charge >= 0.3 is 5.97 Å². The monoisotopic (exact) mass is 372 g/mol. The topological polar surface area (TPSA) is 68.3 Å². The number of carbonyl (C=O) groups excluding carboxylic acids is 2.